The van der Waals surface area contributed by atoms with Crippen molar-refractivity contribution in [3.8, 4) is 11.3 Å². The minimum absolute atomic E-state index is 0.0927. The van der Waals surface area contributed by atoms with Crippen LogP contribution in [0.4, 0.5) is 17.3 Å². The molecular formula is C22H21N5O3. The third-order valence-electron chi connectivity index (χ3n) is 4.67. The number of para-hydroxylation sites is 1. The number of benzene rings is 2. The first kappa shape index (κ1) is 19.5. The van der Waals surface area contributed by atoms with Crippen molar-refractivity contribution in [3.63, 3.8) is 0 Å². The first-order valence-corrected chi connectivity index (χ1v) is 9.53. The van der Waals surface area contributed by atoms with Crippen LogP contribution in [0.15, 0.2) is 54.7 Å². The van der Waals surface area contributed by atoms with Gasteiger partial charge in [-0.1, -0.05) is 18.2 Å². The van der Waals surface area contributed by atoms with Crippen LogP contribution in [0.1, 0.15) is 15.9 Å². The number of aromatic nitrogens is 2. The molecule has 1 aliphatic heterocycles. The van der Waals surface area contributed by atoms with Gasteiger partial charge in [0.25, 0.3) is 5.91 Å². The molecule has 0 spiro atoms. The zero-order valence-electron chi connectivity index (χ0n) is 16.4. The lowest BCUT2D eigenvalue weighted by atomic mass is 10.1. The summed E-state index contributed by atoms with van der Waals surface area (Å²) in [6.45, 7) is 0.919. The van der Waals surface area contributed by atoms with E-state index in [-0.39, 0.29) is 18.2 Å². The first-order chi connectivity index (χ1) is 14.6. The fourth-order valence-corrected chi connectivity index (χ4v) is 3.20. The van der Waals surface area contributed by atoms with Gasteiger partial charge in [-0.25, -0.2) is 9.97 Å². The van der Waals surface area contributed by atoms with Gasteiger partial charge >= 0.3 is 0 Å². The highest BCUT2D eigenvalue weighted by atomic mass is 16.5. The zero-order chi connectivity index (χ0) is 20.9. The van der Waals surface area contributed by atoms with Gasteiger partial charge < -0.3 is 20.7 Å². The SMILES string of the molecule is COCCNC(=O)c1ccc(Nc2ncc3c(n2)-c2ccccc2NC(=O)C3)cc1. The number of carbonyl (C=O) groups excluding carboxylic acids is 2. The fraction of sp³-hybridized carbons (Fsp3) is 0.182. The van der Waals surface area contributed by atoms with Crippen molar-refractivity contribution in [1.82, 2.24) is 15.3 Å². The largest absolute Gasteiger partial charge is 0.383 e. The predicted molar refractivity (Wildman–Crippen MR) is 114 cm³/mol. The second-order valence-electron chi connectivity index (χ2n) is 6.79. The van der Waals surface area contributed by atoms with Crippen LogP contribution in [0.2, 0.25) is 0 Å². The van der Waals surface area contributed by atoms with Gasteiger partial charge in [0.2, 0.25) is 11.9 Å². The van der Waals surface area contributed by atoms with Crippen molar-refractivity contribution in [2.75, 3.05) is 30.9 Å². The Kier molecular flexibility index (Phi) is 5.67. The van der Waals surface area contributed by atoms with Crippen LogP contribution < -0.4 is 16.0 Å². The van der Waals surface area contributed by atoms with Crippen LogP contribution in [-0.4, -0.2) is 42.0 Å². The number of hydrogen-bond donors (Lipinski definition) is 3. The molecule has 0 fully saturated rings. The molecule has 8 nitrogen and oxygen atoms in total. The molecule has 1 aliphatic rings. The van der Waals surface area contributed by atoms with Gasteiger partial charge in [0.05, 0.1) is 24.4 Å². The van der Waals surface area contributed by atoms with Crippen molar-refractivity contribution in [2.24, 2.45) is 0 Å². The molecule has 0 radical (unpaired) electrons. The Balaban J connectivity index is 1.54. The van der Waals surface area contributed by atoms with Crippen LogP contribution in [0.5, 0.6) is 0 Å². The Bertz CT molecular complexity index is 1080. The molecule has 2 aromatic carbocycles. The van der Waals surface area contributed by atoms with E-state index >= 15 is 0 Å². The van der Waals surface area contributed by atoms with Crippen molar-refractivity contribution < 1.29 is 14.3 Å². The number of fused-ring (bicyclic) bond motifs is 3. The third-order valence-corrected chi connectivity index (χ3v) is 4.67. The summed E-state index contributed by atoms with van der Waals surface area (Å²) >= 11 is 0. The van der Waals surface area contributed by atoms with Crippen molar-refractivity contribution in [1.29, 1.82) is 0 Å². The van der Waals surface area contributed by atoms with E-state index in [0.29, 0.717) is 24.7 Å². The smallest absolute Gasteiger partial charge is 0.251 e. The number of nitrogens with one attached hydrogen (secondary N) is 3. The van der Waals surface area contributed by atoms with Gasteiger partial charge in [-0.3, -0.25) is 9.59 Å². The van der Waals surface area contributed by atoms with Crippen molar-refractivity contribution in [2.45, 2.75) is 6.42 Å². The van der Waals surface area contributed by atoms with Crippen LogP contribution in [0.25, 0.3) is 11.3 Å². The lowest BCUT2D eigenvalue weighted by molar-refractivity contribution is -0.115. The predicted octanol–water partition coefficient (Wildman–Crippen LogP) is 2.76. The van der Waals surface area contributed by atoms with E-state index in [2.05, 4.69) is 25.9 Å². The summed E-state index contributed by atoms with van der Waals surface area (Å²) in [6, 6.07) is 14.6. The van der Waals surface area contributed by atoms with E-state index in [1.54, 1.807) is 37.6 Å². The van der Waals surface area contributed by atoms with E-state index in [1.165, 1.54) is 0 Å². The van der Waals surface area contributed by atoms with Crippen molar-refractivity contribution >= 4 is 29.1 Å². The summed E-state index contributed by atoms with van der Waals surface area (Å²) in [5, 5.41) is 8.84. The molecule has 0 saturated carbocycles. The van der Waals surface area contributed by atoms with Gasteiger partial charge in [0.15, 0.2) is 0 Å². The number of rotatable bonds is 6. The summed E-state index contributed by atoms with van der Waals surface area (Å²) in [5.41, 5.74) is 4.38. The Hall–Kier alpha value is -3.78. The van der Waals surface area contributed by atoms with Crippen LogP contribution >= 0.6 is 0 Å². The Morgan fingerprint density at radius 1 is 1.17 bits per heavy atom. The quantitative estimate of drug-likeness (QED) is 0.547. The highest BCUT2D eigenvalue weighted by molar-refractivity contribution is 6.00. The standard InChI is InChI=1S/C22H21N5O3/c1-30-11-10-23-21(29)14-6-8-16(9-7-14)25-22-24-13-15-12-19(28)26-18-5-3-2-4-17(18)20(15)27-22/h2-9,13H,10-12H2,1H3,(H,23,29)(H,26,28)(H,24,25,27). The minimum atomic E-state index is -0.159. The molecule has 152 valence electrons. The maximum absolute atomic E-state index is 12.1. The van der Waals surface area contributed by atoms with E-state index in [1.807, 2.05) is 24.3 Å². The molecular weight excluding hydrogens is 382 g/mol. The molecule has 8 heteroatoms. The summed E-state index contributed by atoms with van der Waals surface area (Å²) in [7, 11) is 1.59. The van der Waals surface area contributed by atoms with Gasteiger partial charge in [-0.15, -0.1) is 0 Å². The average Bonchev–Trinajstić information content (AvgIpc) is 2.89. The number of hydrogen-bond acceptors (Lipinski definition) is 6. The molecule has 0 bridgehead atoms. The average molecular weight is 403 g/mol. The summed E-state index contributed by atoms with van der Waals surface area (Å²) < 4.78 is 4.93. The first-order valence-electron chi connectivity index (χ1n) is 9.53. The highest BCUT2D eigenvalue weighted by Gasteiger charge is 2.20. The molecule has 1 aromatic heterocycles. The Morgan fingerprint density at radius 2 is 1.97 bits per heavy atom. The van der Waals surface area contributed by atoms with E-state index in [4.69, 9.17) is 4.74 Å². The second kappa shape index (κ2) is 8.71. The zero-order valence-corrected chi connectivity index (χ0v) is 16.4. The summed E-state index contributed by atoms with van der Waals surface area (Å²) in [4.78, 5) is 33.2. The number of ether oxygens (including phenoxy) is 1. The number of nitrogens with zero attached hydrogens (tertiary/aromatic N) is 2. The lowest BCUT2D eigenvalue weighted by Crippen LogP contribution is -2.26. The molecule has 30 heavy (non-hydrogen) atoms. The topological polar surface area (TPSA) is 105 Å². The number of anilines is 3. The molecule has 3 aromatic rings. The lowest BCUT2D eigenvalue weighted by Gasteiger charge is -2.11. The van der Waals surface area contributed by atoms with Gasteiger partial charge in [0.1, 0.15) is 0 Å². The second-order valence-corrected chi connectivity index (χ2v) is 6.79. The molecule has 4 rings (SSSR count). The van der Waals surface area contributed by atoms with Crippen LogP contribution in [0, 0.1) is 0 Å². The fourth-order valence-electron chi connectivity index (χ4n) is 3.20. The molecule has 2 heterocycles. The van der Waals surface area contributed by atoms with E-state index in [9.17, 15) is 9.59 Å². The molecule has 0 atom stereocenters. The molecule has 3 N–H and O–H groups in total. The van der Waals surface area contributed by atoms with Crippen LogP contribution in [-0.2, 0) is 16.0 Å². The molecule has 0 unspecified atom stereocenters. The third kappa shape index (κ3) is 4.28. The Labute approximate surface area is 173 Å². The molecule has 0 saturated heterocycles. The minimum Gasteiger partial charge on any atom is -0.383 e. The van der Waals surface area contributed by atoms with Gasteiger partial charge in [0, 0.05) is 42.2 Å². The number of amides is 2. The van der Waals surface area contributed by atoms with E-state index < -0.39 is 0 Å². The van der Waals surface area contributed by atoms with Crippen LogP contribution in [0.3, 0.4) is 0 Å². The summed E-state index contributed by atoms with van der Waals surface area (Å²) in [6.07, 6.45) is 1.89. The molecule has 0 aliphatic carbocycles. The maximum Gasteiger partial charge on any atom is 0.251 e. The van der Waals surface area contributed by atoms with Gasteiger partial charge in [-0.2, -0.15) is 0 Å². The number of methoxy groups -OCH3 is 1. The van der Waals surface area contributed by atoms with Gasteiger partial charge in [-0.05, 0) is 30.3 Å². The highest BCUT2D eigenvalue weighted by Crippen LogP contribution is 2.32. The number of carbonyl (C=O) groups is 2. The Morgan fingerprint density at radius 3 is 2.77 bits per heavy atom. The van der Waals surface area contributed by atoms with E-state index in [0.717, 1.165) is 28.2 Å². The van der Waals surface area contributed by atoms with Crippen molar-refractivity contribution in [3.05, 3.63) is 65.9 Å². The normalized spacial score (nSPS) is 12.2. The monoisotopic (exact) mass is 403 g/mol. The maximum atomic E-state index is 12.1. The molecule has 2 amide bonds. The summed E-state index contributed by atoms with van der Waals surface area (Å²) in [5.74, 6) is 0.161.